The molecule has 0 bridgehead atoms. The highest BCUT2D eigenvalue weighted by molar-refractivity contribution is 5.85. The number of carbonyl (C=O) groups is 2. The Bertz CT molecular complexity index is 269. The number of hydrogen-bond acceptors (Lipinski definition) is 3. The van der Waals surface area contributed by atoms with Crippen molar-refractivity contribution in [1.29, 1.82) is 0 Å². The molecule has 0 aromatic heterocycles. The molecule has 1 unspecified atom stereocenters. The number of carboxylic acid groups (broad SMARTS) is 1. The normalized spacial score (nSPS) is 16.5. The quantitative estimate of drug-likeness (QED) is 0.769. The third-order valence-electron chi connectivity index (χ3n) is 2.89. The van der Waals surface area contributed by atoms with Crippen LogP contribution in [0.25, 0.3) is 0 Å². The number of amides is 1. The van der Waals surface area contributed by atoms with Crippen LogP contribution in [0, 0.1) is 0 Å². The lowest BCUT2D eigenvalue weighted by Crippen LogP contribution is -2.43. The average Bonchev–Trinajstić information content (AvgIpc) is 2.98. The van der Waals surface area contributed by atoms with Gasteiger partial charge in [-0.05, 0) is 26.8 Å². The largest absolute Gasteiger partial charge is 0.480 e. The van der Waals surface area contributed by atoms with Gasteiger partial charge in [0.25, 0.3) is 0 Å². The van der Waals surface area contributed by atoms with Gasteiger partial charge in [0, 0.05) is 13.1 Å². The van der Waals surface area contributed by atoms with Crippen molar-refractivity contribution in [3.05, 3.63) is 0 Å². The SMILES string of the molecule is CC(C(=O)O)N(C)CC(=O)N(C)C1CC1.Cl. The van der Waals surface area contributed by atoms with E-state index in [1.807, 2.05) is 0 Å². The highest BCUT2D eigenvalue weighted by Crippen LogP contribution is 2.25. The lowest BCUT2D eigenvalue weighted by atomic mass is 10.3. The third kappa shape index (κ3) is 3.98. The summed E-state index contributed by atoms with van der Waals surface area (Å²) >= 11 is 0. The van der Waals surface area contributed by atoms with E-state index in [-0.39, 0.29) is 24.9 Å². The fourth-order valence-corrected chi connectivity index (χ4v) is 1.32. The van der Waals surface area contributed by atoms with Gasteiger partial charge in [0.1, 0.15) is 6.04 Å². The molecule has 94 valence electrons. The molecule has 5 nitrogen and oxygen atoms in total. The number of likely N-dealkylation sites (N-methyl/N-ethyl adjacent to an activating group) is 2. The first kappa shape index (κ1) is 15.2. The lowest BCUT2D eigenvalue weighted by Gasteiger charge is -2.24. The first-order valence-electron chi connectivity index (χ1n) is 5.12. The molecule has 1 amide bonds. The smallest absolute Gasteiger partial charge is 0.320 e. The van der Waals surface area contributed by atoms with Crippen molar-refractivity contribution in [3.63, 3.8) is 0 Å². The van der Waals surface area contributed by atoms with Gasteiger partial charge in [0.05, 0.1) is 6.54 Å². The van der Waals surface area contributed by atoms with Gasteiger partial charge in [-0.25, -0.2) is 0 Å². The molecule has 1 rings (SSSR count). The monoisotopic (exact) mass is 250 g/mol. The van der Waals surface area contributed by atoms with E-state index in [1.54, 1.807) is 30.8 Å². The predicted octanol–water partition coefficient (Wildman–Crippen LogP) is 0.434. The maximum atomic E-state index is 11.7. The van der Waals surface area contributed by atoms with E-state index in [2.05, 4.69) is 0 Å². The van der Waals surface area contributed by atoms with Crippen molar-refractivity contribution >= 4 is 24.3 Å². The summed E-state index contributed by atoms with van der Waals surface area (Å²) in [6, 6.07) is -0.243. The van der Waals surface area contributed by atoms with Crippen molar-refractivity contribution in [2.24, 2.45) is 0 Å². The van der Waals surface area contributed by atoms with Gasteiger partial charge in [0.2, 0.25) is 5.91 Å². The number of rotatable bonds is 5. The molecule has 0 aromatic rings. The van der Waals surface area contributed by atoms with Gasteiger partial charge < -0.3 is 10.0 Å². The second kappa shape index (κ2) is 6.06. The number of aliphatic carboxylic acids is 1. The lowest BCUT2D eigenvalue weighted by molar-refractivity contribution is -0.143. The molecule has 6 heteroatoms. The number of hydrogen-bond donors (Lipinski definition) is 1. The molecule has 1 N–H and O–H groups in total. The fraction of sp³-hybridized carbons (Fsp3) is 0.800. The van der Waals surface area contributed by atoms with Crippen molar-refractivity contribution < 1.29 is 14.7 Å². The van der Waals surface area contributed by atoms with E-state index in [0.29, 0.717) is 6.04 Å². The Morgan fingerprint density at radius 2 is 1.88 bits per heavy atom. The second-order valence-electron chi connectivity index (χ2n) is 4.17. The highest BCUT2D eigenvalue weighted by Gasteiger charge is 2.30. The van der Waals surface area contributed by atoms with Gasteiger partial charge >= 0.3 is 5.97 Å². The molecule has 0 radical (unpaired) electrons. The summed E-state index contributed by atoms with van der Waals surface area (Å²) in [4.78, 5) is 25.6. The van der Waals surface area contributed by atoms with E-state index in [4.69, 9.17) is 5.11 Å². The molecule has 0 heterocycles. The van der Waals surface area contributed by atoms with Gasteiger partial charge in [-0.1, -0.05) is 0 Å². The van der Waals surface area contributed by atoms with Crippen LogP contribution in [-0.4, -0.2) is 59.5 Å². The molecular weight excluding hydrogens is 232 g/mol. The molecule has 0 saturated heterocycles. The minimum absolute atomic E-state index is 0. The zero-order valence-corrected chi connectivity index (χ0v) is 10.7. The first-order valence-corrected chi connectivity index (χ1v) is 5.12. The summed E-state index contributed by atoms with van der Waals surface area (Å²) in [6.45, 7) is 1.74. The van der Waals surface area contributed by atoms with E-state index in [1.165, 1.54) is 0 Å². The maximum Gasteiger partial charge on any atom is 0.320 e. The van der Waals surface area contributed by atoms with Crippen LogP contribution in [0.15, 0.2) is 0 Å². The minimum Gasteiger partial charge on any atom is -0.480 e. The highest BCUT2D eigenvalue weighted by atomic mass is 35.5. The molecular formula is C10H19ClN2O3. The van der Waals surface area contributed by atoms with E-state index >= 15 is 0 Å². The predicted molar refractivity (Wildman–Crippen MR) is 62.8 cm³/mol. The van der Waals surface area contributed by atoms with E-state index in [9.17, 15) is 9.59 Å². The van der Waals surface area contributed by atoms with Crippen LogP contribution in [0.3, 0.4) is 0 Å². The van der Waals surface area contributed by atoms with Crippen LogP contribution >= 0.6 is 12.4 Å². The molecule has 1 saturated carbocycles. The number of carbonyl (C=O) groups excluding carboxylic acids is 1. The van der Waals surface area contributed by atoms with E-state index < -0.39 is 12.0 Å². The van der Waals surface area contributed by atoms with Gasteiger partial charge in [-0.15, -0.1) is 12.4 Å². The van der Waals surface area contributed by atoms with Crippen molar-refractivity contribution in [2.75, 3.05) is 20.6 Å². The summed E-state index contributed by atoms with van der Waals surface area (Å²) < 4.78 is 0. The third-order valence-corrected chi connectivity index (χ3v) is 2.89. The molecule has 16 heavy (non-hydrogen) atoms. The summed E-state index contributed by atoms with van der Waals surface area (Å²) in [7, 11) is 3.43. The Balaban J connectivity index is 0.00000225. The van der Waals surface area contributed by atoms with Crippen LogP contribution < -0.4 is 0 Å². The Kier molecular flexibility index (Phi) is 5.75. The van der Waals surface area contributed by atoms with Gasteiger partial charge in [0.15, 0.2) is 0 Å². The van der Waals surface area contributed by atoms with Crippen molar-refractivity contribution in [2.45, 2.75) is 31.8 Å². The van der Waals surface area contributed by atoms with E-state index in [0.717, 1.165) is 12.8 Å². The molecule has 1 aliphatic rings. The van der Waals surface area contributed by atoms with Crippen LogP contribution in [0.5, 0.6) is 0 Å². The Morgan fingerprint density at radius 1 is 1.38 bits per heavy atom. The molecule has 1 aliphatic carbocycles. The Morgan fingerprint density at radius 3 is 2.25 bits per heavy atom. The Hall–Kier alpha value is -0.810. The van der Waals surface area contributed by atoms with Crippen LogP contribution in [-0.2, 0) is 9.59 Å². The number of nitrogens with zero attached hydrogens (tertiary/aromatic N) is 2. The standard InChI is InChI=1S/C10H18N2O3.ClH/c1-7(10(14)15)11(2)6-9(13)12(3)8-4-5-8;/h7-8H,4-6H2,1-3H3,(H,14,15);1H. The molecule has 1 atom stereocenters. The van der Waals surface area contributed by atoms with Crippen molar-refractivity contribution in [1.82, 2.24) is 9.80 Å². The average molecular weight is 251 g/mol. The summed E-state index contributed by atoms with van der Waals surface area (Å²) in [6.07, 6.45) is 2.14. The number of carboxylic acids is 1. The second-order valence-corrected chi connectivity index (χ2v) is 4.17. The van der Waals surface area contributed by atoms with Crippen molar-refractivity contribution in [3.8, 4) is 0 Å². The summed E-state index contributed by atoms with van der Waals surface area (Å²) in [5, 5.41) is 8.76. The van der Waals surface area contributed by atoms with Crippen LogP contribution in [0.4, 0.5) is 0 Å². The van der Waals surface area contributed by atoms with Crippen LogP contribution in [0.1, 0.15) is 19.8 Å². The zero-order valence-electron chi connectivity index (χ0n) is 9.84. The number of halogens is 1. The molecule has 0 aliphatic heterocycles. The Labute approximate surface area is 102 Å². The molecule has 1 fully saturated rings. The van der Waals surface area contributed by atoms with Gasteiger partial charge in [-0.3, -0.25) is 14.5 Å². The summed E-state index contributed by atoms with van der Waals surface area (Å²) in [5.41, 5.74) is 0. The molecule has 0 spiro atoms. The fourth-order valence-electron chi connectivity index (χ4n) is 1.32. The first-order chi connectivity index (χ1) is 6.93. The zero-order chi connectivity index (χ0) is 11.6. The molecule has 0 aromatic carbocycles. The topological polar surface area (TPSA) is 60.9 Å². The van der Waals surface area contributed by atoms with Gasteiger partial charge in [-0.2, -0.15) is 0 Å². The minimum atomic E-state index is -0.903. The maximum absolute atomic E-state index is 11.7. The summed E-state index contributed by atoms with van der Waals surface area (Å²) in [5.74, 6) is -0.910. The van der Waals surface area contributed by atoms with Crippen LogP contribution in [0.2, 0.25) is 0 Å².